The van der Waals surface area contributed by atoms with Crippen LogP contribution in [0.1, 0.15) is 5.56 Å². The number of piperazine rings is 1. The normalized spacial score (nSPS) is 20.2. The summed E-state index contributed by atoms with van der Waals surface area (Å²) < 4.78 is 0. The van der Waals surface area contributed by atoms with Crippen molar-refractivity contribution in [3.05, 3.63) is 28.8 Å². The topological polar surface area (TPSA) is 64.6 Å². The maximum Gasteiger partial charge on any atom is 0.238 e. The van der Waals surface area contributed by atoms with Crippen LogP contribution in [0.3, 0.4) is 0 Å². The van der Waals surface area contributed by atoms with Crippen molar-refractivity contribution in [2.45, 2.75) is 12.6 Å². The summed E-state index contributed by atoms with van der Waals surface area (Å²) in [5.41, 5.74) is 0.985. The van der Waals surface area contributed by atoms with Crippen LogP contribution >= 0.6 is 11.6 Å². The SMILES string of the molecule is CNC(=O)C1CNCCN1Cc1ccc(O)c(Cl)c1. The van der Waals surface area contributed by atoms with Crippen molar-refractivity contribution in [3.63, 3.8) is 0 Å². The zero-order chi connectivity index (χ0) is 13.8. The Hall–Kier alpha value is -1.30. The third kappa shape index (κ3) is 3.37. The number of likely N-dealkylation sites (N-methyl/N-ethyl adjacent to an activating group) is 1. The smallest absolute Gasteiger partial charge is 0.238 e. The van der Waals surface area contributed by atoms with Crippen LogP contribution in [0, 0.1) is 0 Å². The number of aromatic hydroxyl groups is 1. The van der Waals surface area contributed by atoms with Crippen molar-refractivity contribution in [1.82, 2.24) is 15.5 Å². The first-order chi connectivity index (χ1) is 9.11. The van der Waals surface area contributed by atoms with Crippen LogP contribution in [0.4, 0.5) is 0 Å². The molecule has 0 aliphatic carbocycles. The molecule has 19 heavy (non-hydrogen) atoms. The molecule has 0 spiro atoms. The molecule has 0 radical (unpaired) electrons. The molecule has 1 amide bonds. The van der Waals surface area contributed by atoms with Gasteiger partial charge in [-0.1, -0.05) is 17.7 Å². The fourth-order valence-electron chi connectivity index (χ4n) is 2.24. The van der Waals surface area contributed by atoms with Gasteiger partial charge >= 0.3 is 0 Å². The van der Waals surface area contributed by atoms with Gasteiger partial charge in [-0.15, -0.1) is 0 Å². The Bertz CT molecular complexity index is 467. The molecule has 5 nitrogen and oxygen atoms in total. The monoisotopic (exact) mass is 283 g/mol. The number of phenolic OH excluding ortho intramolecular Hbond substituents is 1. The zero-order valence-electron chi connectivity index (χ0n) is 10.8. The molecule has 2 rings (SSSR count). The number of nitrogens with zero attached hydrogens (tertiary/aromatic N) is 1. The first-order valence-corrected chi connectivity index (χ1v) is 6.63. The number of rotatable bonds is 3. The Balaban J connectivity index is 2.10. The van der Waals surface area contributed by atoms with Crippen molar-refractivity contribution in [2.75, 3.05) is 26.7 Å². The molecule has 0 aromatic heterocycles. The summed E-state index contributed by atoms with van der Waals surface area (Å²) in [4.78, 5) is 13.9. The lowest BCUT2D eigenvalue weighted by atomic mass is 10.1. The highest BCUT2D eigenvalue weighted by atomic mass is 35.5. The van der Waals surface area contributed by atoms with Gasteiger partial charge in [-0.2, -0.15) is 0 Å². The van der Waals surface area contributed by atoms with E-state index in [2.05, 4.69) is 15.5 Å². The average molecular weight is 284 g/mol. The predicted octanol–water partition coefficient (Wildman–Crippen LogP) is 0.565. The molecular formula is C13H18ClN3O2. The van der Waals surface area contributed by atoms with E-state index < -0.39 is 0 Å². The highest BCUT2D eigenvalue weighted by Crippen LogP contribution is 2.24. The third-order valence-corrected chi connectivity index (χ3v) is 3.60. The number of nitrogens with one attached hydrogen (secondary N) is 2. The van der Waals surface area contributed by atoms with E-state index >= 15 is 0 Å². The Morgan fingerprint density at radius 3 is 3.11 bits per heavy atom. The minimum Gasteiger partial charge on any atom is -0.506 e. The first kappa shape index (κ1) is 14.1. The van der Waals surface area contributed by atoms with Gasteiger partial charge in [0.2, 0.25) is 5.91 Å². The van der Waals surface area contributed by atoms with Gasteiger partial charge in [-0.3, -0.25) is 9.69 Å². The summed E-state index contributed by atoms with van der Waals surface area (Å²) in [5.74, 6) is 0.0886. The number of hydrogen-bond donors (Lipinski definition) is 3. The number of amides is 1. The van der Waals surface area contributed by atoms with E-state index in [-0.39, 0.29) is 17.7 Å². The van der Waals surface area contributed by atoms with Crippen molar-refractivity contribution in [1.29, 1.82) is 0 Å². The van der Waals surface area contributed by atoms with Crippen LogP contribution in [0.15, 0.2) is 18.2 Å². The van der Waals surface area contributed by atoms with Crippen LogP contribution in [-0.4, -0.2) is 48.6 Å². The molecule has 104 valence electrons. The fourth-order valence-corrected chi connectivity index (χ4v) is 2.45. The van der Waals surface area contributed by atoms with Gasteiger partial charge in [0, 0.05) is 33.2 Å². The lowest BCUT2D eigenvalue weighted by Gasteiger charge is -2.34. The van der Waals surface area contributed by atoms with Crippen LogP contribution in [0.2, 0.25) is 5.02 Å². The molecule has 1 aromatic rings. The summed E-state index contributed by atoms with van der Waals surface area (Å²) >= 11 is 5.90. The summed E-state index contributed by atoms with van der Waals surface area (Å²) in [5, 5.41) is 15.6. The van der Waals surface area contributed by atoms with E-state index in [1.165, 1.54) is 0 Å². The molecule has 1 atom stereocenters. The fraction of sp³-hybridized carbons (Fsp3) is 0.462. The van der Waals surface area contributed by atoms with E-state index in [4.69, 9.17) is 11.6 Å². The van der Waals surface area contributed by atoms with E-state index in [0.717, 1.165) is 18.7 Å². The maximum atomic E-state index is 11.8. The van der Waals surface area contributed by atoms with Crippen molar-refractivity contribution in [3.8, 4) is 5.75 Å². The van der Waals surface area contributed by atoms with Crippen molar-refractivity contribution in [2.24, 2.45) is 0 Å². The van der Waals surface area contributed by atoms with Gasteiger partial charge in [-0.05, 0) is 17.7 Å². The lowest BCUT2D eigenvalue weighted by Crippen LogP contribution is -2.56. The van der Waals surface area contributed by atoms with Gasteiger partial charge in [0.15, 0.2) is 0 Å². The van der Waals surface area contributed by atoms with E-state index in [1.807, 2.05) is 6.07 Å². The number of halogens is 1. The largest absolute Gasteiger partial charge is 0.506 e. The quantitative estimate of drug-likeness (QED) is 0.759. The second-order valence-corrected chi connectivity index (χ2v) is 5.00. The van der Waals surface area contributed by atoms with Gasteiger partial charge in [0.25, 0.3) is 0 Å². The third-order valence-electron chi connectivity index (χ3n) is 3.30. The van der Waals surface area contributed by atoms with Crippen LogP contribution in [-0.2, 0) is 11.3 Å². The van der Waals surface area contributed by atoms with Gasteiger partial charge < -0.3 is 15.7 Å². The number of carbonyl (C=O) groups excluding carboxylic acids is 1. The highest BCUT2D eigenvalue weighted by Gasteiger charge is 2.27. The molecule has 1 aromatic carbocycles. The minimum atomic E-state index is -0.175. The zero-order valence-corrected chi connectivity index (χ0v) is 11.6. The average Bonchev–Trinajstić information content (AvgIpc) is 2.43. The van der Waals surface area contributed by atoms with Crippen LogP contribution in [0.5, 0.6) is 5.75 Å². The van der Waals surface area contributed by atoms with Gasteiger partial charge in [-0.25, -0.2) is 0 Å². The molecule has 0 saturated carbocycles. The lowest BCUT2D eigenvalue weighted by molar-refractivity contribution is -0.126. The van der Waals surface area contributed by atoms with E-state index in [9.17, 15) is 9.90 Å². The maximum absolute atomic E-state index is 11.8. The van der Waals surface area contributed by atoms with Crippen molar-refractivity contribution >= 4 is 17.5 Å². The number of benzene rings is 1. The summed E-state index contributed by atoms with van der Waals surface area (Å²) in [6, 6.07) is 4.96. The van der Waals surface area contributed by atoms with E-state index in [1.54, 1.807) is 19.2 Å². The van der Waals surface area contributed by atoms with Crippen LogP contribution < -0.4 is 10.6 Å². The summed E-state index contributed by atoms with van der Waals surface area (Å²) in [6.45, 7) is 2.95. The molecule has 1 aliphatic rings. The van der Waals surface area contributed by atoms with Gasteiger partial charge in [0.05, 0.1) is 5.02 Å². The number of carbonyl (C=O) groups is 1. The number of hydrogen-bond acceptors (Lipinski definition) is 4. The number of phenols is 1. The predicted molar refractivity (Wildman–Crippen MR) is 74.3 cm³/mol. The molecule has 6 heteroatoms. The molecule has 1 heterocycles. The first-order valence-electron chi connectivity index (χ1n) is 6.25. The Kier molecular flexibility index (Phi) is 4.63. The Labute approximate surface area is 117 Å². The van der Waals surface area contributed by atoms with Crippen LogP contribution in [0.25, 0.3) is 0 Å². The molecule has 0 bridgehead atoms. The molecule has 1 fully saturated rings. The Morgan fingerprint density at radius 2 is 2.42 bits per heavy atom. The summed E-state index contributed by atoms with van der Waals surface area (Å²) in [6.07, 6.45) is 0. The van der Waals surface area contributed by atoms with Crippen molar-refractivity contribution < 1.29 is 9.90 Å². The van der Waals surface area contributed by atoms with E-state index in [0.29, 0.717) is 18.1 Å². The summed E-state index contributed by atoms with van der Waals surface area (Å²) in [7, 11) is 1.65. The molecule has 3 N–H and O–H groups in total. The highest BCUT2D eigenvalue weighted by molar-refractivity contribution is 6.32. The second kappa shape index (κ2) is 6.23. The second-order valence-electron chi connectivity index (χ2n) is 4.59. The Morgan fingerprint density at radius 1 is 1.63 bits per heavy atom. The molecule has 1 aliphatic heterocycles. The standard InChI is InChI=1S/C13H18ClN3O2/c1-15-13(19)11-7-16-4-5-17(11)8-9-2-3-12(18)10(14)6-9/h2-3,6,11,16,18H,4-5,7-8H2,1H3,(H,15,19). The molecule has 1 unspecified atom stereocenters. The van der Waals surface area contributed by atoms with Gasteiger partial charge in [0.1, 0.15) is 11.8 Å². The molecular weight excluding hydrogens is 266 g/mol. The minimum absolute atomic E-state index is 0.0112. The molecule has 1 saturated heterocycles.